The molecule has 4 aliphatic carbocycles. The standard InChI is InChI=1S/C30H50O2/c1-7-17-32-23-18-22-11-12-24-26-14-13-25(21(4)10-8-9-20(2)3)29(26,5)16-15-27(24)30(22,6)28(31)19-23/h1,20-28,31H,8-19H2,2-6H3/t21-,22?,23?,24+,25-,26+,27+,28?,29-,30+/m1/s1. The van der Waals surface area contributed by atoms with Crippen molar-refractivity contribution in [3.05, 3.63) is 0 Å². The van der Waals surface area contributed by atoms with Crippen LogP contribution < -0.4 is 0 Å². The molecule has 10 atom stereocenters. The highest BCUT2D eigenvalue weighted by Gasteiger charge is 2.62. The fourth-order valence-electron chi connectivity index (χ4n) is 9.60. The molecule has 0 bridgehead atoms. The molecule has 4 rings (SSSR count). The lowest BCUT2D eigenvalue weighted by molar-refractivity contribution is -0.186. The molecular weight excluding hydrogens is 392 g/mol. The van der Waals surface area contributed by atoms with Crippen LogP contribution >= 0.6 is 0 Å². The van der Waals surface area contributed by atoms with Crippen molar-refractivity contribution in [3.63, 3.8) is 0 Å². The van der Waals surface area contributed by atoms with Gasteiger partial charge in [-0.25, -0.2) is 0 Å². The van der Waals surface area contributed by atoms with Crippen LogP contribution in [0.2, 0.25) is 0 Å². The van der Waals surface area contributed by atoms with Crippen LogP contribution in [-0.2, 0) is 4.74 Å². The van der Waals surface area contributed by atoms with Crippen LogP contribution in [0.1, 0.15) is 105 Å². The van der Waals surface area contributed by atoms with E-state index in [4.69, 9.17) is 11.2 Å². The molecule has 32 heavy (non-hydrogen) atoms. The van der Waals surface area contributed by atoms with Gasteiger partial charge in [-0.1, -0.05) is 59.8 Å². The van der Waals surface area contributed by atoms with Crippen molar-refractivity contribution in [3.8, 4) is 12.3 Å². The van der Waals surface area contributed by atoms with Crippen molar-refractivity contribution in [2.45, 2.75) is 117 Å². The van der Waals surface area contributed by atoms with Gasteiger partial charge in [-0.3, -0.25) is 0 Å². The van der Waals surface area contributed by atoms with Gasteiger partial charge in [0.25, 0.3) is 0 Å². The summed E-state index contributed by atoms with van der Waals surface area (Å²) in [6, 6.07) is 0. The Balaban J connectivity index is 1.46. The number of terminal acetylenes is 1. The molecule has 0 aromatic heterocycles. The third-order valence-electron chi connectivity index (χ3n) is 11.3. The van der Waals surface area contributed by atoms with Crippen molar-refractivity contribution in [2.24, 2.45) is 52.3 Å². The largest absolute Gasteiger partial charge is 0.392 e. The molecule has 0 radical (unpaired) electrons. The molecule has 0 heterocycles. The Morgan fingerprint density at radius 1 is 1.00 bits per heavy atom. The van der Waals surface area contributed by atoms with Crippen LogP contribution in [0.15, 0.2) is 0 Å². The number of aliphatic hydroxyl groups is 1. The van der Waals surface area contributed by atoms with Crippen molar-refractivity contribution >= 4 is 0 Å². The summed E-state index contributed by atoms with van der Waals surface area (Å²) in [5.74, 6) is 8.19. The molecule has 0 amide bonds. The molecule has 0 aliphatic heterocycles. The van der Waals surface area contributed by atoms with Gasteiger partial charge in [0.15, 0.2) is 0 Å². The van der Waals surface area contributed by atoms with Crippen LogP contribution in [0.3, 0.4) is 0 Å². The molecule has 182 valence electrons. The maximum atomic E-state index is 11.4. The number of ether oxygens (including phenoxy) is 1. The first-order chi connectivity index (χ1) is 15.2. The molecule has 1 N–H and O–H groups in total. The van der Waals surface area contributed by atoms with Crippen LogP contribution in [0, 0.1) is 64.6 Å². The highest BCUT2D eigenvalue weighted by Crippen LogP contribution is 2.68. The molecule has 0 saturated heterocycles. The predicted molar refractivity (Wildman–Crippen MR) is 133 cm³/mol. The zero-order valence-corrected chi connectivity index (χ0v) is 21.6. The number of rotatable bonds is 7. The first kappa shape index (κ1) is 24.6. The van der Waals surface area contributed by atoms with Crippen LogP contribution in [0.4, 0.5) is 0 Å². The van der Waals surface area contributed by atoms with Crippen LogP contribution in [-0.4, -0.2) is 23.9 Å². The van der Waals surface area contributed by atoms with E-state index in [1.165, 1.54) is 57.8 Å². The molecule has 0 aromatic rings. The molecule has 3 unspecified atom stereocenters. The van der Waals surface area contributed by atoms with Gasteiger partial charge in [-0.05, 0) is 97.2 Å². The van der Waals surface area contributed by atoms with E-state index in [-0.39, 0.29) is 17.6 Å². The SMILES string of the molecule is C#CCOC1CC(O)[C@@]2(C)C(CC[C@@H]3[C@@H]2CC[C@]2(C)[C@@H]([C@H](C)CCCC(C)C)CC[C@@H]32)C1. The third-order valence-corrected chi connectivity index (χ3v) is 11.3. The van der Waals surface area contributed by atoms with Crippen LogP contribution in [0.5, 0.6) is 0 Å². The van der Waals surface area contributed by atoms with Crippen molar-refractivity contribution in [2.75, 3.05) is 6.61 Å². The number of aliphatic hydroxyl groups excluding tert-OH is 1. The smallest absolute Gasteiger partial charge is 0.107 e. The zero-order chi connectivity index (χ0) is 23.1. The minimum atomic E-state index is -0.242. The molecular formula is C30H50O2. The van der Waals surface area contributed by atoms with E-state index in [1.807, 2.05) is 0 Å². The number of hydrogen-bond donors (Lipinski definition) is 1. The number of hydrogen-bond acceptors (Lipinski definition) is 2. The van der Waals surface area contributed by atoms with E-state index < -0.39 is 0 Å². The normalized spacial score (nSPS) is 46.8. The Labute approximate surface area is 198 Å². The number of fused-ring (bicyclic) bond motifs is 5. The summed E-state index contributed by atoms with van der Waals surface area (Å²) in [6.07, 6.45) is 19.6. The van der Waals surface area contributed by atoms with Gasteiger partial charge in [0.05, 0.1) is 12.2 Å². The first-order valence-electron chi connectivity index (χ1n) is 13.9. The van der Waals surface area contributed by atoms with Crippen molar-refractivity contribution < 1.29 is 9.84 Å². The van der Waals surface area contributed by atoms with E-state index in [2.05, 4.69) is 40.5 Å². The fourth-order valence-corrected chi connectivity index (χ4v) is 9.60. The van der Waals surface area contributed by atoms with Gasteiger partial charge in [0.1, 0.15) is 6.61 Å². The topological polar surface area (TPSA) is 29.5 Å². The summed E-state index contributed by atoms with van der Waals surface area (Å²) in [4.78, 5) is 0. The Hall–Kier alpha value is -0.520. The minimum absolute atomic E-state index is 0.0707. The first-order valence-corrected chi connectivity index (χ1v) is 13.9. The fraction of sp³-hybridized carbons (Fsp3) is 0.933. The average molecular weight is 443 g/mol. The lowest BCUT2D eigenvalue weighted by Gasteiger charge is -2.62. The summed E-state index contributed by atoms with van der Waals surface area (Å²) in [5, 5.41) is 11.4. The molecule has 4 aliphatic rings. The zero-order valence-electron chi connectivity index (χ0n) is 21.6. The summed E-state index contributed by atoms with van der Waals surface area (Å²) < 4.78 is 5.91. The lowest BCUT2D eigenvalue weighted by atomic mass is 9.43. The maximum Gasteiger partial charge on any atom is 0.107 e. The van der Waals surface area contributed by atoms with Gasteiger partial charge in [-0.15, -0.1) is 6.42 Å². The van der Waals surface area contributed by atoms with Gasteiger partial charge >= 0.3 is 0 Å². The highest BCUT2D eigenvalue weighted by atomic mass is 16.5. The van der Waals surface area contributed by atoms with Gasteiger partial charge in [0.2, 0.25) is 0 Å². The van der Waals surface area contributed by atoms with E-state index in [1.54, 1.807) is 0 Å². The lowest BCUT2D eigenvalue weighted by Crippen LogP contribution is -2.59. The van der Waals surface area contributed by atoms with Crippen molar-refractivity contribution in [1.29, 1.82) is 0 Å². The molecule has 0 spiro atoms. The van der Waals surface area contributed by atoms with Crippen LogP contribution in [0.25, 0.3) is 0 Å². The minimum Gasteiger partial charge on any atom is -0.392 e. The Morgan fingerprint density at radius 3 is 2.50 bits per heavy atom. The van der Waals surface area contributed by atoms with Gasteiger partial charge < -0.3 is 9.84 Å². The molecule has 4 fully saturated rings. The average Bonchev–Trinajstić information content (AvgIpc) is 3.10. The summed E-state index contributed by atoms with van der Waals surface area (Å²) in [5.41, 5.74) is 0.598. The Bertz CT molecular complexity index is 679. The molecule has 4 saturated carbocycles. The molecule has 0 aromatic carbocycles. The van der Waals surface area contributed by atoms with Gasteiger partial charge in [-0.2, -0.15) is 0 Å². The summed E-state index contributed by atoms with van der Waals surface area (Å²) >= 11 is 0. The Morgan fingerprint density at radius 2 is 1.78 bits per heavy atom. The van der Waals surface area contributed by atoms with E-state index in [9.17, 15) is 5.11 Å². The second-order valence-corrected chi connectivity index (χ2v) is 13.2. The Kier molecular flexibility index (Phi) is 7.39. The van der Waals surface area contributed by atoms with Gasteiger partial charge in [0, 0.05) is 6.42 Å². The van der Waals surface area contributed by atoms with E-state index in [0.717, 1.165) is 42.4 Å². The second-order valence-electron chi connectivity index (χ2n) is 13.2. The highest BCUT2D eigenvalue weighted by molar-refractivity contribution is 5.11. The third kappa shape index (κ3) is 4.20. The molecule has 2 heteroatoms. The summed E-state index contributed by atoms with van der Waals surface area (Å²) in [7, 11) is 0. The predicted octanol–water partition coefficient (Wildman–Crippen LogP) is 7.10. The maximum absolute atomic E-state index is 11.4. The summed E-state index contributed by atoms with van der Waals surface area (Å²) in [6.45, 7) is 12.8. The van der Waals surface area contributed by atoms with E-state index >= 15 is 0 Å². The quantitative estimate of drug-likeness (QED) is 0.426. The van der Waals surface area contributed by atoms with E-state index in [0.29, 0.717) is 23.9 Å². The second kappa shape index (κ2) is 9.62. The van der Waals surface area contributed by atoms with Crippen molar-refractivity contribution in [1.82, 2.24) is 0 Å². The monoisotopic (exact) mass is 442 g/mol. The molecule has 2 nitrogen and oxygen atoms in total.